The summed E-state index contributed by atoms with van der Waals surface area (Å²) in [5, 5.41) is 0. The Labute approximate surface area is 148 Å². The third-order valence-electron chi connectivity index (χ3n) is 4.50. The van der Waals surface area contributed by atoms with Gasteiger partial charge < -0.3 is 0 Å². The van der Waals surface area contributed by atoms with Gasteiger partial charge in [-0.25, -0.2) is 19.6 Å². The third kappa shape index (κ3) is 4.60. The number of hydrogen-bond acceptors (Lipinski definition) is 4. The fourth-order valence-corrected chi connectivity index (χ4v) is 3.29. The van der Waals surface area contributed by atoms with Gasteiger partial charge in [0.05, 0.1) is 13.1 Å². The van der Waals surface area contributed by atoms with Crippen molar-refractivity contribution in [2.24, 2.45) is 9.98 Å². The highest BCUT2D eigenvalue weighted by Gasteiger charge is 2.27. The Morgan fingerprint density at radius 2 is 1.16 bits per heavy atom. The summed E-state index contributed by atoms with van der Waals surface area (Å²) in [7, 11) is 0. The van der Waals surface area contributed by atoms with Gasteiger partial charge in [0.1, 0.15) is 0 Å². The van der Waals surface area contributed by atoms with Crippen LogP contribution in [-0.4, -0.2) is 25.2 Å². The summed E-state index contributed by atoms with van der Waals surface area (Å²) in [5.74, 6) is 0. The Morgan fingerprint density at radius 3 is 1.56 bits per heavy atom. The molecule has 0 aliphatic carbocycles. The molecule has 0 aromatic heterocycles. The quantitative estimate of drug-likeness (QED) is 0.545. The van der Waals surface area contributed by atoms with Gasteiger partial charge in [-0.15, -0.1) is 0 Å². The summed E-state index contributed by atoms with van der Waals surface area (Å²) in [5.41, 5.74) is 4.55. The molecule has 4 heteroatoms. The number of hydrogen-bond donors (Lipinski definition) is 0. The Bertz CT molecular complexity index is 747. The zero-order chi connectivity index (χ0) is 18.1. The Balaban J connectivity index is 2.42. The van der Waals surface area contributed by atoms with E-state index in [0.717, 1.165) is 0 Å². The van der Waals surface area contributed by atoms with E-state index in [-0.39, 0.29) is 5.41 Å². The molecular weight excluding hydrogens is 312 g/mol. The molecule has 2 rings (SSSR count). The number of nitrogens with zero attached hydrogens (tertiary/aromatic N) is 2. The van der Waals surface area contributed by atoms with Crippen LogP contribution >= 0.6 is 0 Å². The number of benzene rings is 2. The third-order valence-corrected chi connectivity index (χ3v) is 4.50. The molecule has 0 amide bonds. The van der Waals surface area contributed by atoms with Crippen LogP contribution < -0.4 is 0 Å². The summed E-state index contributed by atoms with van der Waals surface area (Å²) >= 11 is 0. The largest absolute Gasteiger partial charge is 0.234 e. The van der Waals surface area contributed by atoms with Crippen molar-refractivity contribution in [2.75, 3.05) is 13.1 Å². The number of isocyanates is 2. The van der Waals surface area contributed by atoms with E-state index < -0.39 is 0 Å². The standard InChI is InChI=1S/C21H22N2O2/c1-21(2,19-9-5-3-7-17(19)11-13-22-15-24)20-10-6-4-8-18(20)12-14-23-16-25/h3-10H,11-14H2,1-2H3. The lowest BCUT2D eigenvalue weighted by Crippen LogP contribution is -2.23. The van der Waals surface area contributed by atoms with E-state index in [1.807, 2.05) is 24.3 Å². The lowest BCUT2D eigenvalue weighted by molar-refractivity contribution is 0.562. The van der Waals surface area contributed by atoms with Crippen molar-refractivity contribution in [1.82, 2.24) is 0 Å². The maximum absolute atomic E-state index is 10.3. The predicted octanol–water partition coefficient (Wildman–Crippen LogP) is 3.77. The molecule has 0 aliphatic heterocycles. The predicted molar refractivity (Wildman–Crippen MR) is 98.4 cm³/mol. The number of rotatable bonds is 8. The summed E-state index contributed by atoms with van der Waals surface area (Å²) in [4.78, 5) is 28.0. The number of carbonyl (C=O) groups excluding carboxylic acids is 2. The summed E-state index contributed by atoms with van der Waals surface area (Å²) in [6.45, 7) is 5.26. The molecule has 0 bridgehead atoms. The first kappa shape index (κ1) is 18.5. The van der Waals surface area contributed by atoms with Gasteiger partial charge in [-0.2, -0.15) is 0 Å². The molecule has 25 heavy (non-hydrogen) atoms. The van der Waals surface area contributed by atoms with E-state index in [0.29, 0.717) is 25.9 Å². The molecule has 0 spiro atoms. The molecule has 4 nitrogen and oxygen atoms in total. The molecule has 2 aromatic rings. The lowest BCUT2D eigenvalue weighted by atomic mass is 9.73. The minimum atomic E-state index is -0.219. The van der Waals surface area contributed by atoms with Crippen LogP contribution in [0.25, 0.3) is 0 Å². The van der Waals surface area contributed by atoms with Gasteiger partial charge in [0.25, 0.3) is 0 Å². The van der Waals surface area contributed by atoms with Crippen LogP contribution in [0, 0.1) is 0 Å². The summed E-state index contributed by atoms with van der Waals surface area (Å²) in [6.07, 6.45) is 4.60. The van der Waals surface area contributed by atoms with Crippen LogP contribution in [0.5, 0.6) is 0 Å². The molecule has 0 N–H and O–H groups in total. The highest BCUT2D eigenvalue weighted by molar-refractivity contribution is 5.46. The van der Waals surface area contributed by atoms with Gasteiger partial charge in [0.2, 0.25) is 12.2 Å². The van der Waals surface area contributed by atoms with E-state index in [1.165, 1.54) is 22.3 Å². The van der Waals surface area contributed by atoms with Gasteiger partial charge in [0, 0.05) is 5.41 Å². The topological polar surface area (TPSA) is 58.9 Å². The first-order valence-electron chi connectivity index (χ1n) is 8.35. The van der Waals surface area contributed by atoms with Crippen molar-refractivity contribution in [3.63, 3.8) is 0 Å². The highest BCUT2D eigenvalue weighted by atomic mass is 16.1. The zero-order valence-corrected chi connectivity index (χ0v) is 14.7. The molecule has 2 aromatic carbocycles. The fourth-order valence-electron chi connectivity index (χ4n) is 3.29. The second kappa shape index (κ2) is 8.89. The van der Waals surface area contributed by atoms with E-state index in [9.17, 15) is 9.59 Å². The van der Waals surface area contributed by atoms with Crippen molar-refractivity contribution >= 4 is 12.2 Å². The van der Waals surface area contributed by atoms with Crippen LogP contribution in [-0.2, 0) is 27.8 Å². The van der Waals surface area contributed by atoms with Crippen molar-refractivity contribution < 1.29 is 9.59 Å². The molecule has 128 valence electrons. The molecule has 0 unspecified atom stereocenters. The van der Waals surface area contributed by atoms with Gasteiger partial charge in [-0.05, 0) is 35.1 Å². The van der Waals surface area contributed by atoms with Gasteiger partial charge in [-0.1, -0.05) is 62.4 Å². The zero-order valence-electron chi connectivity index (χ0n) is 14.7. The lowest BCUT2D eigenvalue weighted by Gasteiger charge is -2.30. The first-order valence-corrected chi connectivity index (χ1v) is 8.35. The van der Waals surface area contributed by atoms with Gasteiger partial charge in [-0.3, -0.25) is 0 Å². The van der Waals surface area contributed by atoms with Gasteiger partial charge in [0.15, 0.2) is 0 Å². The van der Waals surface area contributed by atoms with Crippen molar-refractivity contribution in [3.8, 4) is 0 Å². The molecule has 0 radical (unpaired) electrons. The monoisotopic (exact) mass is 334 g/mol. The Morgan fingerprint density at radius 1 is 0.760 bits per heavy atom. The van der Waals surface area contributed by atoms with E-state index in [2.05, 4.69) is 48.1 Å². The van der Waals surface area contributed by atoms with Crippen LogP contribution in [0.2, 0.25) is 0 Å². The second-order valence-corrected chi connectivity index (χ2v) is 6.39. The van der Waals surface area contributed by atoms with Gasteiger partial charge >= 0.3 is 0 Å². The minimum absolute atomic E-state index is 0.219. The Kier molecular flexibility index (Phi) is 6.59. The van der Waals surface area contributed by atoms with Crippen LogP contribution in [0.4, 0.5) is 0 Å². The summed E-state index contributed by atoms with van der Waals surface area (Å²) in [6, 6.07) is 16.5. The van der Waals surface area contributed by atoms with E-state index in [4.69, 9.17) is 0 Å². The summed E-state index contributed by atoms with van der Waals surface area (Å²) < 4.78 is 0. The van der Waals surface area contributed by atoms with Crippen LogP contribution in [0.1, 0.15) is 36.1 Å². The average molecular weight is 334 g/mol. The fraction of sp³-hybridized carbons (Fsp3) is 0.333. The molecule has 0 saturated carbocycles. The second-order valence-electron chi connectivity index (χ2n) is 6.39. The van der Waals surface area contributed by atoms with Crippen molar-refractivity contribution in [1.29, 1.82) is 0 Å². The van der Waals surface area contributed by atoms with Crippen molar-refractivity contribution in [3.05, 3.63) is 70.8 Å². The normalized spacial score (nSPS) is 10.6. The highest BCUT2D eigenvalue weighted by Crippen LogP contribution is 2.36. The minimum Gasteiger partial charge on any atom is -0.211 e. The number of aliphatic imine (C=N–C) groups is 2. The molecule has 0 heterocycles. The van der Waals surface area contributed by atoms with E-state index in [1.54, 1.807) is 12.2 Å². The van der Waals surface area contributed by atoms with E-state index >= 15 is 0 Å². The molecule has 0 aliphatic rings. The SMILES string of the molecule is CC(C)(c1ccccc1CCN=C=O)c1ccccc1CCN=C=O. The Hall–Kier alpha value is -2.80. The average Bonchev–Trinajstić information content (AvgIpc) is 2.63. The smallest absolute Gasteiger partial charge is 0.211 e. The maximum atomic E-state index is 10.3. The first-order chi connectivity index (χ1) is 12.1. The molecule has 0 atom stereocenters. The van der Waals surface area contributed by atoms with Crippen LogP contribution in [0.3, 0.4) is 0 Å². The molecular formula is C21H22N2O2. The molecule has 0 saturated heterocycles. The maximum Gasteiger partial charge on any atom is 0.234 e. The van der Waals surface area contributed by atoms with Crippen molar-refractivity contribution in [2.45, 2.75) is 32.1 Å². The molecule has 0 fully saturated rings. The van der Waals surface area contributed by atoms with Crippen LogP contribution in [0.15, 0.2) is 58.5 Å².